The largest absolute Gasteiger partial charge is 0.507 e. The number of carbonyl (C=O) groups is 2. The molecular weight excluding hydrogens is 496 g/mol. The number of rotatable bonds is 7. The number of aliphatic hydroxyl groups excluding tert-OH is 1. The Labute approximate surface area is 218 Å². The van der Waals surface area contributed by atoms with E-state index in [4.69, 9.17) is 9.47 Å². The van der Waals surface area contributed by atoms with Crippen LogP contribution in [0.4, 0.5) is 14.5 Å². The van der Waals surface area contributed by atoms with Gasteiger partial charge in [-0.05, 0) is 66.4 Å². The number of nitrogens with zero attached hydrogens (tertiary/aromatic N) is 1. The summed E-state index contributed by atoms with van der Waals surface area (Å²) in [7, 11) is 1.36. The van der Waals surface area contributed by atoms with Crippen LogP contribution in [0.15, 0.2) is 60.2 Å². The number of phenols is 1. The second kappa shape index (κ2) is 10.5. The molecule has 1 saturated heterocycles. The van der Waals surface area contributed by atoms with Gasteiger partial charge in [0.25, 0.3) is 11.7 Å². The number of benzene rings is 3. The fourth-order valence-electron chi connectivity index (χ4n) is 4.52. The Hall–Kier alpha value is -4.40. The van der Waals surface area contributed by atoms with Crippen molar-refractivity contribution in [1.29, 1.82) is 0 Å². The summed E-state index contributed by atoms with van der Waals surface area (Å²) in [6, 6.07) is 10.7. The number of Topliss-reactive ketones (excluding diaryl/α,β-unsaturated/α-hetero) is 1. The number of aliphatic hydroxyl groups is 1. The summed E-state index contributed by atoms with van der Waals surface area (Å²) < 4.78 is 38.6. The lowest BCUT2D eigenvalue weighted by atomic mass is 9.93. The third-order valence-electron chi connectivity index (χ3n) is 6.35. The number of ether oxygens (including phenoxy) is 2. The molecule has 1 unspecified atom stereocenters. The molecule has 38 heavy (non-hydrogen) atoms. The first-order chi connectivity index (χ1) is 18.1. The van der Waals surface area contributed by atoms with Crippen LogP contribution in [-0.2, 0) is 9.59 Å². The minimum absolute atomic E-state index is 0.0169. The molecule has 1 fully saturated rings. The van der Waals surface area contributed by atoms with Crippen LogP contribution < -0.4 is 14.4 Å². The highest BCUT2D eigenvalue weighted by Gasteiger charge is 2.47. The zero-order valence-electron chi connectivity index (χ0n) is 21.3. The molecule has 2 N–H and O–H groups in total. The lowest BCUT2D eigenvalue weighted by Crippen LogP contribution is -2.29. The van der Waals surface area contributed by atoms with E-state index in [1.165, 1.54) is 25.3 Å². The molecule has 3 aromatic rings. The van der Waals surface area contributed by atoms with Gasteiger partial charge in [0.05, 0.1) is 25.3 Å². The molecule has 4 rings (SSSR count). The van der Waals surface area contributed by atoms with Crippen molar-refractivity contribution in [2.45, 2.75) is 32.7 Å². The van der Waals surface area contributed by atoms with E-state index in [-0.39, 0.29) is 39.8 Å². The molecule has 0 radical (unpaired) electrons. The summed E-state index contributed by atoms with van der Waals surface area (Å²) >= 11 is 0. The third-order valence-corrected chi connectivity index (χ3v) is 6.35. The molecular formula is C29H27F2NO6. The number of hydrogen-bond acceptors (Lipinski definition) is 6. The molecule has 0 aromatic heterocycles. The second-order valence-corrected chi connectivity index (χ2v) is 9.04. The van der Waals surface area contributed by atoms with E-state index in [2.05, 4.69) is 0 Å². The van der Waals surface area contributed by atoms with Crippen molar-refractivity contribution < 1.29 is 38.1 Å². The van der Waals surface area contributed by atoms with Gasteiger partial charge in [0.15, 0.2) is 23.1 Å². The Bertz CT molecular complexity index is 1450. The maximum atomic E-state index is 14.2. The molecule has 1 aliphatic rings. The van der Waals surface area contributed by atoms with Crippen LogP contribution in [-0.4, -0.2) is 35.6 Å². The highest BCUT2D eigenvalue weighted by atomic mass is 19.2. The molecule has 1 atom stereocenters. The molecule has 9 heteroatoms. The SMILES string of the molecule is CCOc1ccc(/C(O)=C2/C(=O)C(=O)N(c3ccc(F)c(F)c3)C2c2ccc(OC)c(O)c2)cc1C(C)C. The topological polar surface area (TPSA) is 96.3 Å². The molecule has 1 heterocycles. The number of hydrogen-bond donors (Lipinski definition) is 2. The van der Waals surface area contributed by atoms with Gasteiger partial charge in [-0.15, -0.1) is 0 Å². The lowest BCUT2D eigenvalue weighted by Gasteiger charge is -2.26. The normalized spacial score (nSPS) is 16.8. The fourth-order valence-corrected chi connectivity index (χ4v) is 4.52. The van der Waals surface area contributed by atoms with Crippen LogP contribution >= 0.6 is 0 Å². The van der Waals surface area contributed by atoms with Gasteiger partial charge in [-0.25, -0.2) is 8.78 Å². The first-order valence-electron chi connectivity index (χ1n) is 12.0. The molecule has 1 amide bonds. The molecule has 7 nitrogen and oxygen atoms in total. The van der Waals surface area contributed by atoms with Crippen LogP contribution in [0.2, 0.25) is 0 Å². The number of carbonyl (C=O) groups excluding carboxylic acids is 2. The van der Waals surface area contributed by atoms with Crippen molar-refractivity contribution in [3.63, 3.8) is 0 Å². The van der Waals surface area contributed by atoms with Gasteiger partial charge in [0.2, 0.25) is 0 Å². The van der Waals surface area contributed by atoms with E-state index in [1.807, 2.05) is 20.8 Å². The first kappa shape index (κ1) is 26.7. The Morgan fingerprint density at radius 2 is 1.71 bits per heavy atom. The maximum absolute atomic E-state index is 14.2. The molecule has 3 aromatic carbocycles. The predicted octanol–water partition coefficient (Wildman–Crippen LogP) is 5.83. The Kier molecular flexibility index (Phi) is 7.39. The van der Waals surface area contributed by atoms with E-state index >= 15 is 0 Å². The smallest absolute Gasteiger partial charge is 0.300 e. The van der Waals surface area contributed by atoms with Crippen LogP contribution in [0.5, 0.6) is 17.2 Å². The lowest BCUT2D eigenvalue weighted by molar-refractivity contribution is -0.132. The Balaban J connectivity index is 1.96. The fraction of sp³-hybridized carbons (Fsp3) is 0.241. The summed E-state index contributed by atoms with van der Waals surface area (Å²) in [4.78, 5) is 27.6. The number of amides is 1. The van der Waals surface area contributed by atoms with Gasteiger partial charge in [-0.2, -0.15) is 0 Å². The van der Waals surface area contributed by atoms with Crippen LogP contribution in [0, 0.1) is 11.6 Å². The van der Waals surface area contributed by atoms with Crippen molar-refractivity contribution in [2.24, 2.45) is 0 Å². The number of anilines is 1. The molecule has 0 saturated carbocycles. The van der Waals surface area contributed by atoms with E-state index in [1.54, 1.807) is 18.2 Å². The number of aromatic hydroxyl groups is 1. The van der Waals surface area contributed by atoms with Crippen LogP contribution in [0.25, 0.3) is 5.76 Å². The minimum Gasteiger partial charge on any atom is -0.507 e. The molecule has 0 spiro atoms. The monoisotopic (exact) mass is 523 g/mol. The number of phenolic OH excluding ortho intramolecular Hbond substituents is 1. The first-order valence-corrected chi connectivity index (χ1v) is 12.0. The summed E-state index contributed by atoms with van der Waals surface area (Å²) in [5.74, 6) is -4.36. The summed E-state index contributed by atoms with van der Waals surface area (Å²) in [6.45, 7) is 6.18. The van der Waals surface area contributed by atoms with Gasteiger partial charge in [-0.3, -0.25) is 14.5 Å². The van der Waals surface area contributed by atoms with E-state index < -0.39 is 35.1 Å². The van der Waals surface area contributed by atoms with Crippen molar-refractivity contribution in [3.8, 4) is 17.2 Å². The summed E-state index contributed by atoms with van der Waals surface area (Å²) in [5, 5.41) is 21.8. The summed E-state index contributed by atoms with van der Waals surface area (Å²) in [6.07, 6.45) is 0. The number of methoxy groups -OCH3 is 1. The quantitative estimate of drug-likeness (QED) is 0.230. The van der Waals surface area contributed by atoms with Gasteiger partial charge >= 0.3 is 0 Å². The molecule has 198 valence electrons. The zero-order valence-corrected chi connectivity index (χ0v) is 21.3. The van der Waals surface area contributed by atoms with E-state index in [0.29, 0.717) is 12.4 Å². The summed E-state index contributed by atoms with van der Waals surface area (Å²) in [5.41, 5.74) is 0.916. The second-order valence-electron chi connectivity index (χ2n) is 9.04. The van der Waals surface area contributed by atoms with Crippen molar-refractivity contribution in [3.05, 3.63) is 88.5 Å². The van der Waals surface area contributed by atoms with Crippen LogP contribution in [0.3, 0.4) is 0 Å². The predicted molar refractivity (Wildman–Crippen MR) is 137 cm³/mol. The average Bonchev–Trinajstić information content (AvgIpc) is 3.15. The molecule has 0 aliphatic carbocycles. The standard InChI is InChI=1S/C29H27F2NO6/c1-5-38-23-10-7-17(12-19(23)15(2)3)27(34)25-26(16-6-11-24(37-4)22(33)13-16)32(29(36)28(25)35)18-8-9-20(30)21(31)14-18/h6-15,26,33-34H,5H2,1-4H3/b27-25-. The van der Waals surface area contributed by atoms with Crippen molar-refractivity contribution >= 4 is 23.1 Å². The Morgan fingerprint density at radius 3 is 2.32 bits per heavy atom. The number of halogens is 2. The van der Waals surface area contributed by atoms with Crippen LogP contribution in [0.1, 0.15) is 49.4 Å². The number of ketones is 1. The Morgan fingerprint density at radius 1 is 1.00 bits per heavy atom. The average molecular weight is 524 g/mol. The van der Waals surface area contributed by atoms with Gasteiger partial charge in [-0.1, -0.05) is 19.9 Å². The van der Waals surface area contributed by atoms with E-state index in [9.17, 15) is 28.6 Å². The maximum Gasteiger partial charge on any atom is 0.300 e. The molecule has 1 aliphatic heterocycles. The van der Waals surface area contributed by atoms with Gasteiger partial charge < -0.3 is 19.7 Å². The zero-order chi connectivity index (χ0) is 27.7. The highest BCUT2D eigenvalue weighted by molar-refractivity contribution is 6.51. The molecule has 0 bridgehead atoms. The highest BCUT2D eigenvalue weighted by Crippen LogP contribution is 2.44. The van der Waals surface area contributed by atoms with Gasteiger partial charge in [0, 0.05) is 17.3 Å². The van der Waals surface area contributed by atoms with Crippen molar-refractivity contribution in [2.75, 3.05) is 18.6 Å². The minimum atomic E-state index is -1.26. The van der Waals surface area contributed by atoms with E-state index in [0.717, 1.165) is 28.7 Å². The van der Waals surface area contributed by atoms with Gasteiger partial charge in [0.1, 0.15) is 11.5 Å². The van der Waals surface area contributed by atoms with Crippen molar-refractivity contribution in [1.82, 2.24) is 0 Å². The third kappa shape index (κ3) is 4.67.